The summed E-state index contributed by atoms with van der Waals surface area (Å²) in [6.45, 7) is 6.19. The fourth-order valence-electron chi connectivity index (χ4n) is 4.86. The normalized spacial score (nSPS) is 26.6. The average molecular weight is 495 g/mol. The molecule has 10 heteroatoms. The van der Waals surface area contributed by atoms with Crippen LogP contribution in [0.25, 0.3) is 4.91 Å². The summed E-state index contributed by atoms with van der Waals surface area (Å²) in [5, 5.41) is 27.1. The van der Waals surface area contributed by atoms with E-state index in [0.29, 0.717) is 18.5 Å². The van der Waals surface area contributed by atoms with Crippen LogP contribution in [0.5, 0.6) is 0 Å². The van der Waals surface area contributed by atoms with Crippen molar-refractivity contribution in [1.29, 1.82) is 0 Å². The average Bonchev–Trinajstić information content (AvgIpc) is 3.24. The lowest BCUT2D eigenvalue weighted by atomic mass is 9.63. The Morgan fingerprint density at radius 3 is 2.71 bits per heavy atom. The van der Waals surface area contributed by atoms with Crippen molar-refractivity contribution in [3.8, 4) is 0 Å². The van der Waals surface area contributed by atoms with Crippen molar-refractivity contribution in [2.45, 2.75) is 57.2 Å². The van der Waals surface area contributed by atoms with E-state index in [0.717, 1.165) is 34.7 Å². The summed E-state index contributed by atoms with van der Waals surface area (Å²) in [4.78, 5) is 8.41. The summed E-state index contributed by atoms with van der Waals surface area (Å²) in [5.41, 5.74) is 0.253. The molecule has 1 aromatic heterocycles. The first kappa shape index (κ1) is 24.8. The molecule has 184 valence electrons. The molecule has 1 aliphatic carbocycles. The number of nitrogens with zero attached hydrogens (tertiary/aromatic N) is 2. The summed E-state index contributed by atoms with van der Waals surface area (Å²) in [7, 11) is 0. The van der Waals surface area contributed by atoms with E-state index in [2.05, 4.69) is 34.4 Å². The molecule has 2 aliphatic rings. The SMILES string of the molecule is Cc1cc(Nc2nccc(C(F)(F)F)n2)cc(C2=CNC([C@]3(O)CC[C@@H](CO)C(C)(C)C3)S2)c1. The quantitative estimate of drug-likeness (QED) is 0.462. The molecule has 2 aromatic rings. The number of thioether (sulfide) groups is 1. The van der Waals surface area contributed by atoms with Crippen molar-refractivity contribution in [3.63, 3.8) is 0 Å². The second-order valence-corrected chi connectivity index (χ2v) is 11.0. The summed E-state index contributed by atoms with van der Waals surface area (Å²) < 4.78 is 38.9. The van der Waals surface area contributed by atoms with Crippen LogP contribution in [0.1, 0.15) is 49.9 Å². The minimum absolute atomic E-state index is 0.118. The van der Waals surface area contributed by atoms with Gasteiger partial charge in [-0.2, -0.15) is 13.2 Å². The third-order valence-electron chi connectivity index (χ3n) is 6.68. The minimum Gasteiger partial charge on any atom is -0.396 e. The van der Waals surface area contributed by atoms with Gasteiger partial charge >= 0.3 is 6.18 Å². The molecule has 0 amide bonds. The summed E-state index contributed by atoms with van der Waals surface area (Å²) >= 11 is 1.54. The highest BCUT2D eigenvalue weighted by Crippen LogP contribution is 2.51. The van der Waals surface area contributed by atoms with Crippen molar-refractivity contribution in [1.82, 2.24) is 15.3 Å². The highest BCUT2D eigenvalue weighted by Gasteiger charge is 2.49. The van der Waals surface area contributed by atoms with Gasteiger partial charge in [-0.1, -0.05) is 31.7 Å². The monoisotopic (exact) mass is 494 g/mol. The van der Waals surface area contributed by atoms with Gasteiger partial charge in [0.2, 0.25) is 5.95 Å². The zero-order valence-electron chi connectivity index (χ0n) is 19.3. The Kier molecular flexibility index (Phi) is 6.61. The molecule has 1 saturated carbocycles. The molecule has 1 fully saturated rings. The van der Waals surface area contributed by atoms with Gasteiger partial charge in [0.25, 0.3) is 0 Å². The van der Waals surface area contributed by atoms with Crippen molar-refractivity contribution in [3.05, 3.63) is 53.5 Å². The van der Waals surface area contributed by atoms with Gasteiger partial charge in [-0.15, -0.1) is 0 Å². The maximum absolute atomic E-state index is 13.0. The van der Waals surface area contributed by atoms with Crippen molar-refractivity contribution in [2.24, 2.45) is 11.3 Å². The molecule has 0 spiro atoms. The van der Waals surface area contributed by atoms with Crippen LogP contribution in [0, 0.1) is 18.3 Å². The third-order valence-corrected chi connectivity index (χ3v) is 8.09. The van der Waals surface area contributed by atoms with Crippen molar-refractivity contribution >= 4 is 28.3 Å². The summed E-state index contributed by atoms with van der Waals surface area (Å²) in [5.74, 6) is 0.0303. The van der Waals surface area contributed by atoms with Crippen LogP contribution in [-0.2, 0) is 6.18 Å². The number of hydrogen-bond acceptors (Lipinski definition) is 7. The number of alkyl halides is 3. The summed E-state index contributed by atoms with van der Waals surface area (Å²) in [6, 6.07) is 6.46. The Morgan fingerprint density at radius 1 is 1.26 bits per heavy atom. The van der Waals surface area contributed by atoms with Gasteiger partial charge in [-0.25, -0.2) is 9.97 Å². The molecule has 1 aliphatic heterocycles. The fourth-order valence-corrected chi connectivity index (χ4v) is 6.07. The Balaban J connectivity index is 1.50. The van der Waals surface area contributed by atoms with Gasteiger partial charge in [0, 0.05) is 29.6 Å². The van der Waals surface area contributed by atoms with Crippen LogP contribution in [0.3, 0.4) is 0 Å². The van der Waals surface area contributed by atoms with E-state index in [4.69, 9.17) is 0 Å². The number of aromatic nitrogens is 2. The molecule has 6 nitrogen and oxygen atoms in total. The standard InChI is InChI=1S/C24H29F3N4O2S/c1-14-8-15(10-17(9-14)30-21-28-7-5-19(31-21)24(25,26)27)18-11-29-20(34-18)23(33)6-4-16(12-32)22(2,3)13-23/h5,7-11,16,20,29,32-33H,4,6,12-13H2,1-3H3,(H,28,30,31)/t16-,20?,23-/m0/s1. The molecule has 4 rings (SSSR count). The van der Waals surface area contributed by atoms with E-state index in [1.807, 2.05) is 31.3 Å². The molecule has 1 aromatic carbocycles. The lowest BCUT2D eigenvalue weighted by molar-refractivity contribution is -0.141. The zero-order valence-corrected chi connectivity index (χ0v) is 20.1. The van der Waals surface area contributed by atoms with Gasteiger partial charge < -0.3 is 20.8 Å². The Labute approximate surface area is 201 Å². The Morgan fingerprint density at radius 2 is 2.03 bits per heavy atom. The van der Waals surface area contributed by atoms with E-state index in [1.165, 1.54) is 11.8 Å². The Bertz CT molecular complexity index is 1090. The van der Waals surface area contributed by atoms with Gasteiger partial charge in [0.1, 0.15) is 11.1 Å². The molecule has 4 N–H and O–H groups in total. The molecule has 34 heavy (non-hydrogen) atoms. The second-order valence-electron chi connectivity index (χ2n) is 9.84. The maximum atomic E-state index is 13.0. The lowest BCUT2D eigenvalue weighted by Gasteiger charge is -2.48. The molecule has 0 radical (unpaired) electrons. The summed E-state index contributed by atoms with van der Waals surface area (Å²) in [6.07, 6.45) is 0.327. The number of aliphatic hydroxyl groups excluding tert-OH is 1. The Hall–Kier alpha value is -2.30. The number of aryl methyl sites for hydroxylation is 1. The number of halogens is 3. The van der Waals surface area contributed by atoms with E-state index in [9.17, 15) is 23.4 Å². The number of hydrogen-bond donors (Lipinski definition) is 4. The van der Waals surface area contributed by atoms with Gasteiger partial charge in [0.05, 0.1) is 5.60 Å². The van der Waals surface area contributed by atoms with E-state index < -0.39 is 17.5 Å². The highest BCUT2D eigenvalue weighted by molar-refractivity contribution is 8.09. The predicted molar refractivity (Wildman–Crippen MR) is 127 cm³/mol. The van der Waals surface area contributed by atoms with Crippen LogP contribution < -0.4 is 10.6 Å². The zero-order chi connectivity index (χ0) is 24.7. The topological polar surface area (TPSA) is 90.3 Å². The van der Waals surface area contributed by atoms with Crippen LogP contribution in [0.2, 0.25) is 0 Å². The number of benzene rings is 1. The smallest absolute Gasteiger partial charge is 0.396 e. The van der Waals surface area contributed by atoms with Crippen LogP contribution in [0.4, 0.5) is 24.8 Å². The number of rotatable bonds is 5. The van der Waals surface area contributed by atoms with Crippen LogP contribution in [-0.4, -0.2) is 37.8 Å². The van der Waals surface area contributed by atoms with Crippen molar-refractivity contribution in [2.75, 3.05) is 11.9 Å². The van der Waals surface area contributed by atoms with Crippen molar-refractivity contribution < 1.29 is 23.4 Å². The predicted octanol–water partition coefficient (Wildman–Crippen LogP) is 5.06. The molecular weight excluding hydrogens is 465 g/mol. The molecule has 0 bridgehead atoms. The first-order valence-corrected chi connectivity index (χ1v) is 12.0. The molecule has 0 saturated heterocycles. The van der Waals surface area contributed by atoms with Crippen LogP contribution in [0.15, 0.2) is 36.7 Å². The third kappa shape index (κ3) is 5.18. The lowest BCUT2D eigenvalue weighted by Crippen LogP contribution is -2.53. The number of nitrogens with one attached hydrogen (secondary N) is 2. The first-order chi connectivity index (χ1) is 15.9. The van der Waals surface area contributed by atoms with Gasteiger partial charge in [-0.05, 0) is 66.8 Å². The number of anilines is 2. The first-order valence-electron chi connectivity index (χ1n) is 11.2. The number of aliphatic hydroxyl groups is 2. The van der Waals surface area contributed by atoms with E-state index >= 15 is 0 Å². The van der Waals surface area contributed by atoms with E-state index in [1.54, 1.807) is 0 Å². The highest BCUT2D eigenvalue weighted by atomic mass is 32.2. The molecule has 1 unspecified atom stereocenters. The largest absolute Gasteiger partial charge is 0.433 e. The maximum Gasteiger partial charge on any atom is 0.433 e. The van der Waals surface area contributed by atoms with Gasteiger partial charge in [-0.3, -0.25) is 0 Å². The van der Waals surface area contributed by atoms with Gasteiger partial charge in [0.15, 0.2) is 0 Å². The van der Waals surface area contributed by atoms with Crippen LogP contribution >= 0.6 is 11.8 Å². The second kappa shape index (κ2) is 9.05. The molecular formula is C24H29F3N4O2S. The minimum atomic E-state index is -4.55. The molecule has 3 atom stereocenters. The fraction of sp³-hybridized carbons (Fsp3) is 0.500. The molecule has 2 heterocycles. The van der Waals surface area contributed by atoms with E-state index in [-0.39, 0.29) is 29.3 Å².